The first-order valence-electron chi connectivity index (χ1n) is 44.5. The van der Waals surface area contributed by atoms with Gasteiger partial charge in [0.25, 0.3) is 0 Å². The summed E-state index contributed by atoms with van der Waals surface area (Å²) in [6.45, 7) is 42.2. The summed E-state index contributed by atoms with van der Waals surface area (Å²) in [6.07, 6.45) is 23.9. The van der Waals surface area contributed by atoms with E-state index in [9.17, 15) is 15.8 Å². The summed E-state index contributed by atoms with van der Waals surface area (Å²) in [6, 6.07) is 83.7. The minimum Gasteiger partial charge on any atom is -0.335 e. The lowest BCUT2D eigenvalue weighted by atomic mass is 9.38. The van der Waals surface area contributed by atoms with E-state index in [1.54, 1.807) is 0 Å². The largest absolute Gasteiger partial charge is 0.335 e. The van der Waals surface area contributed by atoms with Crippen LogP contribution < -0.4 is 0 Å². The van der Waals surface area contributed by atoms with Crippen molar-refractivity contribution >= 4 is 49.2 Å². The number of rotatable bonds is 14. The molecule has 5 unspecified atom stereocenters. The van der Waals surface area contributed by atoms with Crippen molar-refractivity contribution in [2.75, 3.05) is 0 Å². The van der Waals surface area contributed by atoms with Crippen molar-refractivity contribution < 1.29 is 0 Å². The number of hydrogen-bond donors (Lipinski definition) is 0. The maximum absolute atomic E-state index is 11.1. The molecule has 19 rings (SSSR count). The van der Waals surface area contributed by atoms with E-state index < -0.39 is 5.54 Å². The Bertz CT molecular complexity index is 6790. The van der Waals surface area contributed by atoms with Crippen molar-refractivity contribution in [3.63, 3.8) is 0 Å². The van der Waals surface area contributed by atoms with Gasteiger partial charge in [0.2, 0.25) is 0 Å². The van der Waals surface area contributed by atoms with Gasteiger partial charge in [-0.25, -0.2) is 0 Å². The summed E-state index contributed by atoms with van der Waals surface area (Å²) in [5.41, 5.74) is 29.1. The van der Waals surface area contributed by atoms with Gasteiger partial charge < -0.3 is 18.3 Å². The average Bonchev–Trinajstić information content (AvgIpc) is 1.43. The lowest BCUT2D eigenvalue weighted by Crippen LogP contribution is -2.62. The van der Waals surface area contributed by atoms with Crippen LogP contribution in [0.5, 0.6) is 0 Å². The van der Waals surface area contributed by atoms with E-state index in [1.165, 1.54) is 107 Å². The van der Waals surface area contributed by atoms with Crippen LogP contribution in [0.2, 0.25) is 0 Å². The molecule has 0 saturated heterocycles. The van der Waals surface area contributed by atoms with Crippen LogP contribution >= 0.6 is 0 Å². The van der Waals surface area contributed by atoms with Gasteiger partial charge in [-0.05, 0) is 262 Å². The smallest absolute Gasteiger partial charge is 0.138 e. The Hall–Kier alpha value is -12.1. The van der Waals surface area contributed by atoms with Crippen LogP contribution in [0, 0.1) is 67.5 Å². The van der Waals surface area contributed by atoms with Gasteiger partial charge in [0, 0.05) is 125 Å². The second-order valence-electron chi connectivity index (χ2n) is 40.6. The van der Waals surface area contributed by atoms with Crippen molar-refractivity contribution in [2.45, 2.75) is 209 Å². The number of fused-ring (bicyclic) bond motifs is 12. The van der Waals surface area contributed by atoms with E-state index in [1.807, 2.05) is 36.9 Å². The third-order valence-electron chi connectivity index (χ3n) is 33.6. The third-order valence-corrected chi connectivity index (χ3v) is 33.6. The fourth-order valence-electron chi connectivity index (χ4n) is 24.2. The van der Waals surface area contributed by atoms with Gasteiger partial charge in [-0.3, -0.25) is 9.97 Å². The summed E-state index contributed by atoms with van der Waals surface area (Å²) < 4.78 is 10.3. The molecule has 122 heavy (non-hydrogen) atoms. The van der Waals surface area contributed by atoms with Crippen LogP contribution in [0.15, 0.2) is 260 Å². The zero-order valence-electron chi connectivity index (χ0n) is 74.3. The van der Waals surface area contributed by atoms with E-state index in [0.717, 1.165) is 106 Å². The highest BCUT2D eigenvalue weighted by molar-refractivity contribution is 5.96. The van der Waals surface area contributed by atoms with Crippen molar-refractivity contribution in [2.24, 2.45) is 33.5 Å². The van der Waals surface area contributed by atoms with Gasteiger partial charge in [0.1, 0.15) is 17.7 Å². The molecule has 8 aromatic carbocycles. The van der Waals surface area contributed by atoms with Crippen LogP contribution in [-0.2, 0) is 52.9 Å². The first kappa shape index (κ1) is 79.7. The number of allylic oxidation sites excluding steroid dienone is 6. The molecule has 0 aliphatic heterocycles. The molecular formula is C113H113N9. The third kappa shape index (κ3) is 11.5. The van der Waals surface area contributed by atoms with E-state index in [-0.39, 0.29) is 60.7 Å². The molecule has 5 atom stereocenters. The van der Waals surface area contributed by atoms with E-state index >= 15 is 0 Å². The lowest BCUT2D eigenvalue weighted by molar-refractivity contribution is -0.0779. The summed E-state index contributed by atoms with van der Waals surface area (Å²) in [4.78, 5) is 9.18. The molecule has 0 bridgehead atoms. The zero-order chi connectivity index (χ0) is 85.3. The fourth-order valence-corrected chi connectivity index (χ4v) is 24.2. The zero-order valence-corrected chi connectivity index (χ0v) is 74.3. The Balaban J connectivity index is 0.628. The molecule has 0 amide bonds. The fraction of sp³-hybridized carbons (Fsp3) is 0.336. The monoisotopic (exact) mass is 1600 g/mol. The van der Waals surface area contributed by atoms with Gasteiger partial charge in [-0.15, -0.1) is 0 Å². The molecule has 9 nitrogen and oxygen atoms in total. The Morgan fingerprint density at radius 3 is 1.47 bits per heavy atom. The highest BCUT2D eigenvalue weighted by atomic mass is 15.1. The van der Waals surface area contributed by atoms with Crippen molar-refractivity contribution in [1.82, 2.24) is 28.2 Å². The summed E-state index contributed by atoms with van der Waals surface area (Å²) in [7, 11) is 0. The van der Waals surface area contributed by atoms with Crippen LogP contribution in [-0.4, -0.2) is 28.2 Å². The maximum Gasteiger partial charge on any atom is 0.138 e. The van der Waals surface area contributed by atoms with Crippen molar-refractivity contribution in [1.29, 1.82) is 15.8 Å². The molecule has 14 aromatic rings. The van der Waals surface area contributed by atoms with E-state index in [4.69, 9.17) is 0 Å². The van der Waals surface area contributed by atoms with E-state index in [2.05, 4.69) is 376 Å². The number of para-hydroxylation sites is 2. The van der Waals surface area contributed by atoms with Crippen LogP contribution in [0.3, 0.4) is 0 Å². The van der Waals surface area contributed by atoms with Crippen LogP contribution in [0.25, 0.3) is 99.6 Å². The Labute approximate surface area is 721 Å². The van der Waals surface area contributed by atoms with Crippen LogP contribution in [0.4, 0.5) is 0 Å². The molecule has 0 N–H and O–H groups in total. The highest BCUT2D eigenvalue weighted by Gasteiger charge is 2.66. The molecule has 0 saturated carbocycles. The first-order valence-corrected chi connectivity index (χ1v) is 44.5. The number of hydrogen-bond acceptors (Lipinski definition) is 5. The molecule has 5 aliphatic rings. The minimum absolute atomic E-state index is 0.0660. The second kappa shape index (κ2) is 28.5. The molecular weight excluding hydrogens is 1480 g/mol. The van der Waals surface area contributed by atoms with Gasteiger partial charge >= 0.3 is 0 Å². The van der Waals surface area contributed by atoms with Crippen LogP contribution in [0.1, 0.15) is 217 Å². The van der Waals surface area contributed by atoms with Gasteiger partial charge in [0.05, 0.1) is 34.1 Å². The molecule has 0 fully saturated rings. The van der Waals surface area contributed by atoms with Gasteiger partial charge in [-0.1, -0.05) is 243 Å². The quantitative estimate of drug-likeness (QED) is 0.101. The number of nitrogens with zero attached hydrogens (tertiary/aromatic N) is 9. The number of aryl methyl sites for hydroxylation is 1. The summed E-state index contributed by atoms with van der Waals surface area (Å²) in [5, 5.41) is 37.6. The Morgan fingerprint density at radius 1 is 0.451 bits per heavy atom. The standard InChI is InChI=1S/C113H113N9/c1-71(66-114)99(75-41-49-85(50-42-75)120-95-54-45-79(81-26-24-60-117-69-81)63-91(95)101-103(120)107(6,7)110(12,13)109(10,11)105(101,2)3)76-43-51-86(52-44-76)121-96-55-46-80(82-27-25-61-118-70-82)64-92(96)102-104(121)108(8,9)111(14,15)113(17,106(102,4)5)65-72-34-53-98-90(62-72)89-30-20-23-33-97(89)122(98)112(16)58-56-78(57-59-112)100(83(67-115)68-116)77-37-35-73(36-38-77)74-39-47-84(48-40-74)119-93-31-21-18-28-87(93)88-29-19-22-32-94(88)119/h18,20-21,23-28,30-31,33,35-52,54-58,60-61,63-64,69-72,99H,19,22,29,32,34,53,59,62,65H2,1-17H3. The van der Waals surface area contributed by atoms with E-state index in [0.29, 0.717) is 17.9 Å². The number of benzene rings is 8. The van der Waals surface area contributed by atoms with Crippen molar-refractivity contribution in [3.05, 3.63) is 322 Å². The van der Waals surface area contributed by atoms with Crippen molar-refractivity contribution in [3.8, 4) is 68.7 Å². The number of pyridine rings is 2. The molecule has 6 heterocycles. The number of aromatic nitrogens is 6. The predicted molar refractivity (Wildman–Crippen MR) is 502 cm³/mol. The predicted octanol–water partition coefficient (Wildman–Crippen LogP) is 28.0. The normalized spacial score (nSPS) is 21.0. The first-order chi connectivity index (χ1) is 58.3. The topological polar surface area (TPSA) is 117 Å². The average molecular weight is 1600 g/mol. The molecule has 0 spiro atoms. The molecule has 9 heteroatoms. The molecule has 5 aliphatic carbocycles. The summed E-state index contributed by atoms with van der Waals surface area (Å²) >= 11 is 0. The Morgan fingerprint density at radius 2 is 0.934 bits per heavy atom. The molecule has 6 aromatic heterocycles. The SMILES string of the molecule is CC(C#N)C(c1ccc(-n2c3c(c4cc(-c5cccnc5)ccc42)C(C)(C)C(C)(C)C(C)(C)C3(C)C)cc1)c1ccc(-n2c3c(c4cc(-c5cccnc5)ccc42)C(C)(C)C(C)(CC2CCc4c(c5ccccc5n4C4(C)C=CC(C(=C(C#N)C#N)c5ccc(-c6ccc(-n7c8c(c9ccccc97)CCCC8)cc6)cc5)=CC4)C2)C(C)(C)C3(C)C)cc1. The van der Waals surface area contributed by atoms with Gasteiger partial charge in [-0.2, -0.15) is 15.8 Å². The van der Waals surface area contributed by atoms with Gasteiger partial charge in [0.15, 0.2) is 0 Å². The Kier molecular flexibility index (Phi) is 18.6. The molecule has 610 valence electrons. The highest BCUT2D eigenvalue weighted by Crippen LogP contribution is 2.71. The number of nitriles is 3. The second-order valence-corrected chi connectivity index (χ2v) is 40.6. The molecule has 0 radical (unpaired) electrons. The maximum atomic E-state index is 11.1. The lowest BCUT2D eigenvalue weighted by Gasteiger charge is -2.65. The summed E-state index contributed by atoms with van der Waals surface area (Å²) in [5.74, 6) is -0.0900. The minimum atomic E-state index is -0.414.